The molecule has 0 bridgehead atoms. The highest BCUT2D eigenvalue weighted by Gasteiger charge is 2.14. The van der Waals surface area contributed by atoms with Gasteiger partial charge in [-0.2, -0.15) is 0 Å². The smallest absolute Gasteiger partial charge is 0.219 e. The summed E-state index contributed by atoms with van der Waals surface area (Å²) >= 11 is 0. The fraction of sp³-hybridized carbons (Fsp3) is 0.929. The van der Waals surface area contributed by atoms with Crippen LogP contribution in [-0.4, -0.2) is 37.0 Å². The van der Waals surface area contributed by atoms with Crippen LogP contribution in [0.5, 0.6) is 0 Å². The van der Waals surface area contributed by atoms with E-state index in [-0.39, 0.29) is 5.91 Å². The Kier molecular flexibility index (Phi) is 10.2. The lowest BCUT2D eigenvalue weighted by Gasteiger charge is -2.30. The summed E-state index contributed by atoms with van der Waals surface area (Å²) in [6.45, 7) is 12.7. The number of piperidine rings is 1. The van der Waals surface area contributed by atoms with Gasteiger partial charge in [0.15, 0.2) is 0 Å². The Hall–Kier alpha value is -0.570. The molecule has 1 saturated heterocycles. The Balaban J connectivity index is 0.000000770. The van der Waals surface area contributed by atoms with E-state index in [4.69, 9.17) is 0 Å². The molecule has 0 spiro atoms. The van der Waals surface area contributed by atoms with Crippen LogP contribution < -0.4 is 5.32 Å². The summed E-state index contributed by atoms with van der Waals surface area (Å²) in [5, 5.41) is 2.91. The lowest BCUT2D eigenvalue weighted by atomic mass is 9.99. The minimum Gasteiger partial charge on any atom is -0.355 e. The number of likely N-dealkylation sites (tertiary alicyclic amines) is 1. The first kappa shape index (κ1) is 16.4. The van der Waals surface area contributed by atoms with Gasteiger partial charge in [-0.1, -0.05) is 34.1 Å². The van der Waals surface area contributed by atoms with Crippen LogP contribution in [0.4, 0.5) is 0 Å². The molecule has 1 aliphatic rings. The van der Waals surface area contributed by atoms with Gasteiger partial charge in [0.2, 0.25) is 5.91 Å². The normalized spacial score (nSPS) is 17.2. The van der Waals surface area contributed by atoms with E-state index >= 15 is 0 Å². The lowest BCUT2D eigenvalue weighted by Crippen LogP contribution is -2.39. The summed E-state index contributed by atoms with van der Waals surface area (Å²) in [5.74, 6) is 1.05. The molecule has 0 aliphatic carbocycles. The minimum atomic E-state index is 0.162. The van der Waals surface area contributed by atoms with Crippen molar-refractivity contribution in [1.29, 1.82) is 0 Å². The minimum absolute atomic E-state index is 0.162. The highest BCUT2D eigenvalue weighted by atomic mass is 16.1. The summed E-state index contributed by atoms with van der Waals surface area (Å²) in [6, 6.07) is 0. The van der Waals surface area contributed by atoms with Crippen LogP contribution in [0.2, 0.25) is 0 Å². The summed E-state index contributed by atoms with van der Waals surface area (Å²) in [4.78, 5) is 13.4. The van der Waals surface area contributed by atoms with Crippen molar-refractivity contribution in [2.24, 2.45) is 5.92 Å². The average molecular weight is 242 g/mol. The predicted molar refractivity (Wildman–Crippen MR) is 74.1 cm³/mol. The first-order valence-corrected chi connectivity index (χ1v) is 7.13. The van der Waals surface area contributed by atoms with E-state index in [9.17, 15) is 4.79 Å². The summed E-state index contributed by atoms with van der Waals surface area (Å²) in [6.07, 6.45) is 4.46. The molecule has 1 heterocycles. The number of carbonyl (C=O) groups excluding carboxylic acids is 1. The van der Waals surface area contributed by atoms with Gasteiger partial charge in [-0.15, -0.1) is 0 Å². The molecular formula is C14H30N2O. The third-order valence-corrected chi connectivity index (χ3v) is 2.95. The fourth-order valence-electron chi connectivity index (χ4n) is 1.76. The van der Waals surface area contributed by atoms with Crippen molar-refractivity contribution < 1.29 is 4.79 Å². The van der Waals surface area contributed by atoms with E-state index in [0.717, 1.165) is 19.0 Å². The molecule has 0 atom stereocenters. The van der Waals surface area contributed by atoms with Crippen molar-refractivity contribution >= 4 is 5.91 Å². The molecule has 17 heavy (non-hydrogen) atoms. The van der Waals surface area contributed by atoms with Crippen molar-refractivity contribution in [1.82, 2.24) is 10.2 Å². The number of amides is 1. The van der Waals surface area contributed by atoms with Gasteiger partial charge in [-0.25, -0.2) is 0 Å². The lowest BCUT2D eigenvalue weighted by molar-refractivity contribution is -0.120. The van der Waals surface area contributed by atoms with Gasteiger partial charge in [-0.3, -0.25) is 4.79 Å². The molecule has 1 aliphatic heterocycles. The van der Waals surface area contributed by atoms with Gasteiger partial charge in [0.1, 0.15) is 0 Å². The first-order chi connectivity index (χ1) is 8.13. The van der Waals surface area contributed by atoms with Crippen molar-refractivity contribution in [3.63, 3.8) is 0 Å². The van der Waals surface area contributed by atoms with Crippen molar-refractivity contribution in [2.45, 2.75) is 53.4 Å². The Morgan fingerprint density at radius 1 is 1.24 bits per heavy atom. The van der Waals surface area contributed by atoms with Crippen LogP contribution in [0.25, 0.3) is 0 Å². The van der Waals surface area contributed by atoms with Crippen LogP contribution in [0, 0.1) is 5.92 Å². The molecule has 0 saturated carbocycles. The number of nitrogens with one attached hydrogen (secondary N) is 1. The molecule has 1 fully saturated rings. The second kappa shape index (κ2) is 10.6. The Labute approximate surface area is 107 Å². The number of rotatable bonds is 4. The highest BCUT2D eigenvalue weighted by Crippen LogP contribution is 2.14. The molecule has 1 N–H and O–H groups in total. The molecule has 0 aromatic heterocycles. The van der Waals surface area contributed by atoms with E-state index in [1.807, 2.05) is 6.92 Å². The molecule has 1 rings (SSSR count). The van der Waals surface area contributed by atoms with Crippen LogP contribution in [-0.2, 0) is 4.79 Å². The Morgan fingerprint density at radius 3 is 2.24 bits per heavy atom. The van der Waals surface area contributed by atoms with Gasteiger partial charge in [0.25, 0.3) is 0 Å². The van der Waals surface area contributed by atoms with Crippen LogP contribution in [0.15, 0.2) is 0 Å². The highest BCUT2D eigenvalue weighted by molar-refractivity contribution is 5.75. The SMILES string of the molecule is CCC.CCC(=O)NCCN1CCC(C)CC1. The van der Waals surface area contributed by atoms with Crippen molar-refractivity contribution in [3.05, 3.63) is 0 Å². The number of carbonyl (C=O) groups is 1. The fourth-order valence-corrected chi connectivity index (χ4v) is 1.76. The molecule has 0 aromatic rings. The second-order valence-electron chi connectivity index (χ2n) is 4.93. The molecular weight excluding hydrogens is 212 g/mol. The zero-order valence-electron chi connectivity index (χ0n) is 12.1. The van der Waals surface area contributed by atoms with Gasteiger partial charge in [0.05, 0.1) is 0 Å². The molecule has 0 aromatic carbocycles. The molecule has 102 valence electrons. The Morgan fingerprint density at radius 2 is 1.76 bits per heavy atom. The Bertz CT molecular complexity index is 187. The third-order valence-electron chi connectivity index (χ3n) is 2.95. The molecule has 1 amide bonds. The van der Waals surface area contributed by atoms with Crippen LogP contribution in [0.3, 0.4) is 0 Å². The van der Waals surface area contributed by atoms with Crippen LogP contribution >= 0.6 is 0 Å². The summed E-state index contributed by atoms with van der Waals surface area (Å²) < 4.78 is 0. The summed E-state index contributed by atoms with van der Waals surface area (Å²) in [7, 11) is 0. The maximum atomic E-state index is 11.0. The summed E-state index contributed by atoms with van der Waals surface area (Å²) in [5.41, 5.74) is 0. The van der Waals surface area contributed by atoms with Gasteiger partial charge < -0.3 is 10.2 Å². The zero-order chi connectivity index (χ0) is 13.1. The standard InChI is InChI=1S/C11H22N2O.C3H8/c1-3-11(14)12-6-9-13-7-4-10(2)5-8-13;1-3-2/h10H,3-9H2,1-2H3,(H,12,14);3H2,1-2H3. The average Bonchev–Trinajstić information content (AvgIpc) is 2.32. The number of hydrogen-bond donors (Lipinski definition) is 1. The second-order valence-corrected chi connectivity index (χ2v) is 4.93. The van der Waals surface area contributed by atoms with E-state index in [0.29, 0.717) is 6.42 Å². The predicted octanol–water partition coefficient (Wildman–Crippen LogP) is 2.66. The molecule has 0 radical (unpaired) electrons. The largest absolute Gasteiger partial charge is 0.355 e. The number of hydrogen-bond acceptors (Lipinski definition) is 2. The third kappa shape index (κ3) is 9.16. The molecule has 0 unspecified atom stereocenters. The quantitative estimate of drug-likeness (QED) is 0.822. The van der Waals surface area contributed by atoms with E-state index in [1.165, 1.54) is 32.4 Å². The van der Waals surface area contributed by atoms with Gasteiger partial charge in [-0.05, 0) is 31.8 Å². The monoisotopic (exact) mass is 242 g/mol. The van der Waals surface area contributed by atoms with E-state index < -0.39 is 0 Å². The van der Waals surface area contributed by atoms with Crippen molar-refractivity contribution in [2.75, 3.05) is 26.2 Å². The maximum Gasteiger partial charge on any atom is 0.219 e. The van der Waals surface area contributed by atoms with E-state index in [1.54, 1.807) is 0 Å². The van der Waals surface area contributed by atoms with Crippen LogP contribution in [0.1, 0.15) is 53.4 Å². The van der Waals surface area contributed by atoms with Crippen molar-refractivity contribution in [3.8, 4) is 0 Å². The molecule has 3 heteroatoms. The first-order valence-electron chi connectivity index (χ1n) is 7.13. The van der Waals surface area contributed by atoms with Gasteiger partial charge in [0, 0.05) is 19.5 Å². The number of nitrogens with zero attached hydrogens (tertiary/aromatic N) is 1. The van der Waals surface area contributed by atoms with E-state index in [2.05, 4.69) is 31.0 Å². The zero-order valence-corrected chi connectivity index (χ0v) is 12.1. The maximum absolute atomic E-state index is 11.0. The topological polar surface area (TPSA) is 32.3 Å². The molecule has 3 nitrogen and oxygen atoms in total. The van der Waals surface area contributed by atoms with Gasteiger partial charge >= 0.3 is 0 Å².